The summed E-state index contributed by atoms with van der Waals surface area (Å²) >= 11 is 0. The second kappa shape index (κ2) is 5.57. The molecule has 1 aliphatic rings. The Morgan fingerprint density at radius 3 is 2.65 bits per heavy atom. The van der Waals surface area contributed by atoms with Crippen LogP contribution in [0.25, 0.3) is 0 Å². The number of fused-ring (bicyclic) bond motifs is 1. The molecule has 0 atom stereocenters. The van der Waals surface area contributed by atoms with Crippen molar-refractivity contribution in [2.24, 2.45) is 0 Å². The van der Waals surface area contributed by atoms with Gasteiger partial charge >= 0.3 is 5.69 Å². The summed E-state index contributed by atoms with van der Waals surface area (Å²) in [6.45, 7) is 6.77. The minimum absolute atomic E-state index is 0.0753. The van der Waals surface area contributed by atoms with Crippen molar-refractivity contribution in [1.29, 1.82) is 0 Å². The van der Waals surface area contributed by atoms with E-state index in [1.54, 1.807) is 4.90 Å². The average molecular weight is 316 g/mol. The van der Waals surface area contributed by atoms with Gasteiger partial charge in [0.05, 0.1) is 12.1 Å². The molecule has 0 saturated heterocycles. The molecule has 7 nitrogen and oxygen atoms in total. The van der Waals surface area contributed by atoms with Gasteiger partial charge in [0.15, 0.2) is 0 Å². The van der Waals surface area contributed by atoms with E-state index < -0.39 is 5.69 Å². The van der Waals surface area contributed by atoms with Crippen LogP contribution in [0.15, 0.2) is 21.9 Å². The third kappa shape index (κ3) is 2.62. The molecule has 2 aromatic rings. The molecule has 1 amide bonds. The lowest BCUT2D eigenvalue weighted by atomic mass is 10.1. The molecule has 1 aliphatic heterocycles. The number of hydrogen-bond donors (Lipinski definition) is 2. The molecule has 7 heteroatoms. The largest absolute Gasteiger partial charge is 0.348 e. The number of hydrogen-bond acceptors (Lipinski definition) is 3. The van der Waals surface area contributed by atoms with Crippen molar-refractivity contribution in [3.05, 3.63) is 55.6 Å². The van der Waals surface area contributed by atoms with Crippen LogP contribution in [0.5, 0.6) is 0 Å². The lowest BCUT2D eigenvalue weighted by molar-refractivity contribution is 0.0730. The van der Waals surface area contributed by atoms with Crippen LogP contribution < -0.4 is 11.2 Å². The van der Waals surface area contributed by atoms with Crippen LogP contribution in [-0.2, 0) is 13.0 Å². The molecule has 0 unspecified atom stereocenters. The van der Waals surface area contributed by atoms with Gasteiger partial charge in [-0.15, -0.1) is 0 Å². The third-order valence-electron chi connectivity index (χ3n) is 4.36. The van der Waals surface area contributed by atoms with Crippen LogP contribution in [0.4, 0.5) is 0 Å². The SMILES string of the molecule is Cc1c(C(=O)N2CCc3c([nH]c(=O)[nH]c3=O)C2)ccn1C(C)C. The molecule has 0 radical (unpaired) electrons. The number of aromatic nitrogens is 3. The quantitative estimate of drug-likeness (QED) is 0.864. The summed E-state index contributed by atoms with van der Waals surface area (Å²) < 4.78 is 2.05. The Balaban J connectivity index is 1.90. The lowest BCUT2D eigenvalue weighted by Crippen LogP contribution is -2.41. The van der Waals surface area contributed by atoms with Gasteiger partial charge in [-0.3, -0.25) is 14.6 Å². The fraction of sp³-hybridized carbons (Fsp3) is 0.438. The van der Waals surface area contributed by atoms with E-state index in [-0.39, 0.29) is 24.1 Å². The molecule has 23 heavy (non-hydrogen) atoms. The Bertz CT molecular complexity index is 872. The number of nitrogens with zero attached hydrogens (tertiary/aromatic N) is 2. The maximum Gasteiger partial charge on any atom is 0.325 e. The number of carbonyl (C=O) groups excluding carboxylic acids is 1. The van der Waals surface area contributed by atoms with Gasteiger partial charge in [0, 0.05) is 35.7 Å². The van der Waals surface area contributed by atoms with Crippen molar-refractivity contribution in [2.45, 2.75) is 39.8 Å². The number of rotatable bonds is 2. The molecular formula is C16H20N4O3. The van der Waals surface area contributed by atoms with Crippen LogP contribution in [0, 0.1) is 6.92 Å². The first-order valence-electron chi connectivity index (χ1n) is 7.69. The van der Waals surface area contributed by atoms with E-state index in [0.717, 1.165) is 5.69 Å². The summed E-state index contributed by atoms with van der Waals surface area (Å²) in [6, 6.07) is 2.11. The summed E-state index contributed by atoms with van der Waals surface area (Å²) in [5, 5.41) is 0. The zero-order chi connectivity index (χ0) is 16.7. The smallest absolute Gasteiger partial charge is 0.325 e. The van der Waals surface area contributed by atoms with Gasteiger partial charge in [0.25, 0.3) is 11.5 Å². The van der Waals surface area contributed by atoms with Crippen LogP contribution in [0.2, 0.25) is 0 Å². The van der Waals surface area contributed by atoms with E-state index in [2.05, 4.69) is 28.4 Å². The number of carbonyl (C=O) groups is 1. The highest BCUT2D eigenvalue weighted by Crippen LogP contribution is 2.20. The van der Waals surface area contributed by atoms with E-state index in [4.69, 9.17) is 0 Å². The minimum atomic E-state index is -0.537. The highest BCUT2D eigenvalue weighted by atomic mass is 16.2. The Morgan fingerprint density at radius 2 is 2.00 bits per heavy atom. The first kappa shape index (κ1) is 15.3. The Hall–Kier alpha value is -2.57. The van der Waals surface area contributed by atoms with Crippen molar-refractivity contribution in [1.82, 2.24) is 19.4 Å². The maximum atomic E-state index is 12.8. The molecule has 0 aliphatic carbocycles. The molecule has 3 heterocycles. The van der Waals surface area contributed by atoms with Gasteiger partial charge in [-0.05, 0) is 33.3 Å². The molecule has 2 aromatic heterocycles. The van der Waals surface area contributed by atoms with Gasteiger partial charge < -0.3 is 14.5 Å². The van der Waals surface area contributed by atoms with Crippen molar-refractivity contribution >= 4 is 5.91 Å². The monoisotopic (exact) mass is 316 g/mol. The third-order valence-corrected chi connectivity index (χ3v) is 4.36. The Labute approximate surface area is 133 Å². The average Bonchev–Trinajstić information content (AvgIpc) is 2.87. The van der Waals surface area contributed by atoms with Crippen molar-refractivity contribution in [3.8, 4) is 0 Å². The number of aromatic amines is 2. The highest BCUT2D eigenvalue weighted by Gasteiger charge is 2.26. The van der Waals surface area contributed by atoms with Gasteiger partial charge in [0.1, 0.15) is 0 Å². The second-order valence-corrected chi connectivity index (χ2v) is 6.16. The summed E-state index contributed by atoms with van der Waals surface area (Å²) in [6.07, 6.45) is 2.36. The Morgan fingerprint density at radius 1 is 1.26 bits per heavy atom. The molecular weight excluding hydrogens is 296 g/mol. The van der Waals surface area contributed by atoms with Crippen molar-refractivity contribution in [2.75, 3.05) is 6.54 Å². The zero-order valence-electron chi connectivity index (χ0n) is 13.5. The predicted molar refractivity (Wildman–Crippen MR) is 85.7 cm³/mol. The predicted octanol–water partition coefficient (Wildman–Crippen LogP) is 0.953. The van der Waals surface area contributed by atoms with Crippen molar-refractivity contribution in [3.63, 3.8) is 0 Å². The van der Waals surface area contributed by atoms with Gasteiger partial charge in [-0.25, -0.2) is 4.79 Å². The van der Waals surface area contributed by atoms with E-state index in [0.29, 0.717) is 29.8 Å². The molecule has 0 aromatic carbocycles. The van der Waals surface area contributed by atoms with Crippen LogP contribution >= 0.6 is 0 Å². The van der Waals surface area contributed by atoms with Gasteiger partial charge in [-0.2, -0.15) is 0 Å². The summed E-state index contributed by atoms with van der Waals surface area (Å²) in [5.41, 5.74) is 1.78. The van der Waals surface area contributed by atoms with Gasteiger partial charge in [-0.1, -0.05) is 0 Å². The lowest BCUT2D eigenvalue weighted by Gasteiger charge is -2.28. The molecule has 0 spiro atoms. The topological polar surface area (TPSA) is 91.0 Å². The van der Waals surface area contributed by atoms with E-state index in [9.17, 15) is 14.4 Å². The molecule has 3 rings (SSSR count). The minimum Gasteiger partial charge on any atom is -0.348 e. The highest BCUT2D eigenvalue weighted by molar-refractivity contribution is 5.95. The number of amides is 1. The van der Waals surface area contributed by atoms with E-state index >= 15 is 0 Å². The van der Waals surface area contributed by atoms with E-state index in [1.807, 2.05) is 19.2 Å². The molecule has 2 N–H and O–H groups in total. The fourth-order valence-corrected chi connectivity index (χ4v) is 3.13. The van der Waals surface area contributed by atoms with Crippen molar-refractivity contribution < 1.29 is 4.79 Å². The first-order valence-corrected chi connectivity index (χ1v) is 7.69. The van der Waals surface area contributed by atoms with Crippen LogP contribution in [-0.4, -0.2) is 31.9 Å². The number of H-pyrrole nitrogens is 2. The molecule has 0 bridgehead atoms. The first-order chi connectivity index (χ1) is 10.9. The van der Waals surface area contributed by atoms with Crippen LogP contribution in [0.3, 0.4) is 0 Å². The Kier molecular flexibility index (Phi) is 3.71. The fourth-order valence-electron chi connectivity index (χ4n) is 3.13. The molecule has 0 fully saturated rings. The maximum absolute atomic E-state index is 12.8. The summed E-state index contributed by atoms with van der Waals surface area (Å²) in [7, 11) is 0. The van der Waals surface area contributed by atoms with Crippen LogP contribution in [0.1, 0.15) is 47.2 Å². The van der Waals surface area contributed by atoms with Gasteiger partial charge in [0.2, 0.25) is 0 Å². The second-order valence-electron chi connectivity index (χ2n) is 6.16. The molecule has 122 valence electrons. The summed E-state index contributed by atoms with van der Waals surface area (Å²) in [4.78, 5) is 42.5. The normalized spacial score (nSPS) is 14.2. The molecule has 0 saturated carbocycles. The number of nitrogens with one attached hydrogen (secondary N) is 2. The zero-order valence-corrected chi connectivity index (χ0v) is 13.5. The van der Waals surface area contributed by atoms with E-state index in [1.165, 1.54) is 0 Å². The standard InChI is InChI=1S/C16H20N4O3/c1-9(2)20-7-5-11(10(20)3)15(22)19-6-4-12-13(8-19)17-16(23)18-14(12)21/h5,7,9H,4,6,8H2,1-3H3,(H2,17,18,21,23). The summed E-state index contributed by atoms with van der Waals surface area (Å²) in [5.74, 6) is -0.0753.